The fourth-order valence-corrected chi connectivity index (χ4v) is 1.52. The number of nitrogen functional groups attached to an aromatic ring is 1. The lowest BCUT2D eigenvalue weighted by Crippen LogP contribution is -2.12. The Kier molecular flexibility index (Phi) is 3.18. The zero-order valence-corrected chi connectivity index (χ0v) is 8.41. The van der Waals surface area contributed by atoms with E-state index >= 15 is 0 Å². The van der Waals surface area contributed by atoms with Crippen molar-refractivity contribution in [1.29, 1.82) is 0 Å². The molecular formula is C11H14FNO2. The molecule has 2 N–H and O–H groups in total. The van der Waals surface area contributed by atoms with E-state index in [9.17, 15) is 4.39 Å². The minimum atomic E-state index is -0.390. The molecule has 1 fully saturated rings. The lowest BCUT2D eigenvalue weighted by Gasteiger charge is -2.09. The van der Waals surface area contributed by atoms with Gasteiger partial charge < -0.3 is 15.2 Å². The molecule has 0 aromatic heterocycles. The average molecular weight is 211 g/mol. The summed E-state index contributed by atoms with van der Waals surface area (Å²) in [4.78, 5) is 0. The Morgan fingerprint density at radius 1 is 1.53 bits per heavy atom. The van der Waals surface area contributed by atoms with E-state index < -0.39 is 5.82 Å². The van der Waals surface area contributed by atoms with E-state index in [4.69, 9.17) is 15.2 Å². The van der Waals surface area contributed by atoms with Gasteiger partial charge in [-0.1, -0.05) is 6.07 Å². The zero-order chi connectivity index (χ0) is 10.7. The average Bonchev–Trinajstić information content (AvgIpc) is 2.73. The van der Waals surface area contributed by atoms with Crippen LogP contribution in [0.2, 0.25) is 0 Å². The van der Waals surface area contributed by atoms with Gasteiger partial charge in [0.2, 0.25) is 0 Å². The van der Waals surface area contributed by atoms with Gasteiger partial charge in [0, 0.05) is 6.61 Å². The lowest BCUT2D eigenvalue weighted by atomic mass is 10.2. The second-order valence-electron chi connectivity index (χ2n) is 3.65. The molecule has 0 aliphatic carbocycles. The second kappa shape index (κ2) is 4.59. The minimum Gasteiger partial charge on any atom is -0.396 e. The third-order valence-corrected chi connectivity index (χ3v) is 2.44. The number of benzene rings is 1. The Morgan fingerprint density at radius 3 is 3.07 bits per heavy atom. The van der Waals surface area contributed by atoms with E-state index in [1.807, 2.05) is 0 Å². The highest BCUT2D eigenvalue weighted by atomic mass is 19.1. The van der Waals surface area contributed by atoms with Gasteiger partial charge in [-0.25, -0.2) is 4.39 Å². The van der Waals surface area contributed by atoms with Crippen LogP contribution < -0.4 is 5.73 Å². The number of halogens is 1. The summed E-state index contributed by atoms with van der Waals surface area (Å²) < 4.78 is 23.8. The molecule has 4 heteroatoms. The fourth-order valence-electron chi connectivity index (χ4n) is 1.52. The Hall–Kier alpha value is -1.13. The summed E-state index contributed by atoms with van der Waals surface area (Å²) in [6.07, 6.45) is 1.06. The highest BCUT2D eigenvalue weighted by molar-refractivity contribution is 5.41. The van der Waals surface area contributed by atoms with E-state index in [0.717, 1.165) is 18.6 Å². The smallest absolute Gasteiger partial charge is 0.146 e. The van der Waals surface area contributed by atoms with Crippen molar-refractivity contribution in [2.75, 3.05) is 18.9 Å². The van der Waals surface area contributed by atoms with Crippen molar-refractivity contribution in [3.05, 3.63) is 29.6 Å². The predicted octanol–water partition coefficient (Wildman–Crippen LogP) is 1.71. The van der Waals surface area contributed by atoms with Crippen LogP contribution in [0.4, 0.5) is 10.1 Å². The van der Waals surface area contributed by atoms with Crippen LogP contribution in [0.15, 0.2) is 18.2 Å². The number of rotatable bonds is 3. The summed E-state index contributed by atoms with van der Waals surface area (Å²) in [6.45, 7) is 1.80. The van der Waals surface area contributed by atoms with Crippen molar-refractivity contribution in [3.8, 4) is 0 Å². The third-order valence-electron chi connectivity index (χ3n) is 2.44. The van der Waals surface area contributed by atoms with Crippen LogP contribution in [-0.4, -0.2) is 19.3 Å². The largest absolute Gasteiger partial charge is 0.396 e. The van der Waals surface area contributed by atoms with Crippen molar-refractivity contribution in [2.24, 2.45) is 0 Å². The molecule has 3 nitrogen and oxygen atoms in total. The van der Waals surface area contributed by atoms with E-state index in [-0.39, 0.29) is 11.8 Å². The predicted molar refractivity (Wildman–Crippen MR) is 54.8 cm³/mol. The fraction of sp³-hybridized carbons (Fsp3) is 0.455. The molecule has 0 radical (unpaired) electrons. The first-order valence-electron chi connectivity index (χ1n) is 4.99. The van der Waals surface area contributed by atoms with Crippen molar-refractivity contribution >= 4 is 5.69 Å². The molecule has 82 valence electrons. The molecule has 0 bridgehead atoms. The third kappa shape index (κ3) is 2.67. The quantitative estimate of drug-likeness (QED) is 0.774. The van der Waals surface area contributed by atoms with Gasteiger partial charge in [-0.05, 0) is 24.1 Å². The van der Waals surface area contributed by atoms with Crippen LogP contribution in [0.3, 0.4) is 0 Å². The van der Waals surface area contributed by atoms with Gasteiger partial charge >= 0.3 is 0 Å². The Bertz CT molecular complexity index is 337. The van der Waals surface area contributed by atoms with Crippen LogP contribution >= 0.6 is 0 Å². The molecule has 1 unspecified atom stereocenters. The van der Waals surface area contributed by atoms with E-state index in [1.54, 1.807) is 12.1 Å². The van der Waals surface area contributed by atoms with E-state index in [2.05, 4.69) is 0 Å². The van der Waals surface area contributed by atoms with E-state index in [0.29, 0.717) is 13.2 Å². The molecule has 15 heavy (non-hydrogen) atoms. The summed E-state index contributed by atoms with van der Waals surface area (Å²) in [7, 11) is 0. The van der Waals surface area contributed by atoms with E-state index in [1.165, 1.54) is 6.07 Å². The molecule has 2 rings (SSSR count). The molecular weight excluding hydrogens is 197 g/mol. The highest BCUT2D eigenvalue weighted by Gasteiger charge is 2.15. The topological polar surface area (TPSA) is 44.5 Å². The summed E-state index contributed by atoms with van der Waals surface area (Å²) in [5.41, 5.74) is 6.34. The minimum absolute atomic E-state index is 0.144. The van der Waals surface area contributed by atoms with Crippen molar-refractivity contribution in [2.45, 2.75) is 19.1 Å². The zero-order valence-electron chi connectivity index (χ0n) is 8.41. The van der Waals surface area contributed by atoms with Crippen molar-refractivity contribution < 1.29 is 13.9 Å². The van der Waals surface area contributed by atoms with Crippen LogP contribution in [-0.2, 0) is 16.1 Å². The summed E-state index contributed by atoms with van der Waals surface area (Å²) in [6, 6.07) is 4.73. The first-order valence-corrected chi connectivity index (χ1v) is 4.99. The SMILES string of the molecule is Nc1ccc(COC2CCOC2)cc1F. The monoisotopic (exact) mass is 211 g/mol. The standard InChI is InChI=1S/C11H14FNO2/c12-10-5-8(1-2-11(10)13)6-15-9-3-4-14-7-9/h1-2,5,9H,3-4,6-7,13H2. The van der Waals surface area contributed by atoms with Gasteiger partial charge in [0.1, 0.15) is 5.82 Å². The first kappa shape index (κ1) is 10.4. The second-order valence-corrected chi connectivity index (χ2v) is 3.65. The van der Waals surface area contributed by atoms with Crippen LogP contribution in [0, 0.1) is 5.82 Å². The molecule has 0 spiro atoms. The molecule has 1 aromatic rings. The Labute approximate surface area is 88.0 Å². The number of anilines is 1. The van der Waals surface area contributed by atoms with Gasteiger partial charge in [-0.3, -0.25) is 0 Å². The van der Waals surface area contributed by atoms with Crippen LogP contribution in [0.1, 0.15) is 12.0 Å². The van der Waals surface area contributed by atoms with Gasteiger partial charge in [0.05, 0.1) is 25.0 Å². The molecule has 1 aliphatic rings. The van der Waals surface area contributed by atoms with Crippen LogP contribution in [0.5, 0.6) is 0 Å². The molecule has 1 aliphatic heterocycles. The lowest BCUT2D eigenvalue weighted by molar-refractivity contribution is 0.0316. The van der Waals surface area contributed by atoms with Crippen molar-refractivity contribution in [1.82, 2.24) is 0 Å². The maximum absolute atomic E-state index is 13.1. The Morgan fingerprint density at radius 2 is 2.40 bits per heavy atom. The normalized spacial score (nSPS) is 20.7. The number of nitrogens with two attached hydrogens (primary N) is 1. The number of hydrogen-bond donors (Lipinski definition) is 1. The number of hydrogen-bond acceptors (Lipinski definition) is 3. The van der Waals surface area contributed by atoms with Gasteiger partial charge in [-0.2, -0.15) is 0 Å². The molecule has 1 heterocycles. The molecule has 1 aromatic carbocycles. The highest BCUT2D eigenvalue weighted by Crippen LogP contribution is 2.15. The number of ether oxygens (including phenoxy) is 2. The Balaban J connectivity index is 1.90. The van der Waals surface area contributed by atoms with Crippen LogP contribution in [0.25, 0.3) is 0 Å². The molecule has 1 saturated heterocycles. The van der Waals surface area contributed by atoms with Gasteiger partial charge in [-0.15, -0.1) is 0 Å². The maximum atomic E-state index is 13.1. The summed E-state index contributed by atoms with van der Waals surface area (Å²) in [5, 5.41) is 0. The molecule has 0 amide bonds. The maximum Gasteiger partial charge on any atom is 0.146 e. The first-order chi connectivity index (χ1) is 7.25. The summed E-state index contributed by atoms with van der Waals surface area (Å²) in [5.74, 6) is -0.390. The molecule has 0 saturated carbocycles. The van der Waals surface area contributed by atoms with Gasteiger partial charge in [0.25, 0.3) is 0 Å². The van der Waals surface area contributed by atoms with Gasteiger partial charge in [0.15, 0.2) is 0 Å². The van der Waals surface area contributed by atoms with Crippen molar-refractivity contribution in [3.63, 3.8) is 0 Å². The molecule has 1 atom stereocenters. The summed E-state index contributed by atoms with van der Waals surface area (Å²) >= 11 is 0.